The van der Waals surface area contributed by atoms with Crippen LogP contribution in [0, 0.1) is 5.92 Å². The number of alkyl halides is 14. The molecule has 27 heavy (non-hydrogen) atoms. The normalized spacial score (nSPS) is 24.7. The molecule has 0 spiro atoms. The van der Waals surface area contributed by atoms with E-state index in [0.29, 0.717) is 0 Å². The largest absolute Gasteiger partial charge is 0.460 e. The van der Waals surface area contributed by atoms with Crippen molar-refractivity contribution >= 4 is 22.6 Å². The molecule has 0 radical (unpaired) electrons. The van der Waals surface area contributed by atoms with Gasteiger partial charge in [-0.25, -0.2) is 0 Å². The highest BCUT2D eigenvalue weighted by atomic mass is 127. The Hall–Kier alpha value is -0.180. The lowest BCUT2D eigenvalue weighted by atomic mass is 9.84. The second kappa shape index (κ2) is 7.26. The summed E-state index contributed by atoms with van der Waals surface area (Å²) in [6.07, 6.45) is -8.03. The molecule has 0 saturated heterocycles. The monoisotopic (exact) mass is 542 g/mol. The number of halogens is 14. The first-order valence-electron chi connectivity index (χ1n) is 7.36. The highest BCUT2D eigenvalue weighted by molar-refractivity contribution is 14.1. The van der Waals surface area contributed by atoms with E-state index in [0.717, 1.165) is 0 Å². The maximum absolute atomic E-state index is 14.1. The third-order valence-corrected chi connectivity index (χ3v) is 5.85. The predicted molar refractivity (Wildman–Crippen MR) is 75.2 cm³/mol. The first-order chi connectivity index (χ1) is 11.8. The Labute approximate surface area is 158 Å². The second-order valence-corrected chi connectivity index (χ2v) is 7.78. The average molecular weight is 542 g/mol. The minimum atomic E-state index is -7.82. The molecular formula is C13H12F13I. The summed E-state index contributed by atoms with van der Waals surface area (Å²) in [6.45, 7) is 0. The summed E-state index contributed by atoms with van der Waals surface area (Å²) in [5.74, 6) is -38.9. The molecule has 2 unspecified atom stereocenters. The van der Waals surface area contributed by atoms with Crippen molar-refractivity contribution in [1.29, 1.82) is 0 Å². The molecule has 14 heteroatoms. The van der Waals surface area contributed by atoms with Gasteiger partial charge < -0.3 is 0 Å². The fraction of sp³-hybridized carbons (Fsp3) is 1.00. The van der Waals surface area contributed by atoms with Crippen LogP contribution in [0.4, 0.5) is 57.1 Å². The Kier molecular flexibility index (Phi) is 6.68. The lowest BCUT2D eigenvalue weighted by Crippen LogP contribution is -2.71. The zero-order valence-electron chi connectivity index (χ0n) is 13.0. The van der Waals surface area contributed by atoms with Crippen molar-refractivity contribution in [2.45, 2.75) is 71.8 Å². The summed E-state index contributed by atoms with van der Waals surface area (Å²) in [7, 11) is 0. The van der Waals surface area contributed by atoms with Crippen LogP contribution in [0.3, 0.4) is 0 Å². The molecule has 1 saturated carbocycles. The van der Waals surface area contributed by atoms with Gasteiger partial charge in [0, 0.05) is 9.84 Å². The van der Waals surface area contributed by atoms with Crippen molar-refractivity contribution in [2.75, 3.05) is 0 Å². The van der Waals surface area contributed by atoms with E-state index in [2.05, 4.69) is 0 Å². The minimum Gasteiger partial charge on any atom is -0.199 e. The van der Waals surface area contributed by atoms with E-state index in [9.17, 15) is 57.1 Å². The molecule has 0 amide bonds. The fourth-order valence-electron chi connectivity index (χ4n) is 2.69. The van der Waals surface area contributed by atoms with Gasteiger partial charge in [0.15, 0.2) is 0 Å². The van der Waals surface area contributed by atoms with Gasteiger partial charge in [0.25, 0.3) is 0 Å². The van der Waals surface area contributed by atoms with E-state index in [-0.39, 0.29) is 25.7 Å². The Morgan fingerprint density at radius 1 is 0.519 bits per heavy atom. The van der Waals surface area contributed by atoms with Crippen molar-refractivity contribution < 1.29 is 57.1 Å². The van der Waals surface area contributed by atoms with Gasteiger partial charge in [-0.15, -0.1) is 0 Å². The Morgan fingerprint density at radius 2 is 0.926 bits per heavy atom. The molecule has 162 valence electrons. The van der Waals surface area contributed by atoms with Crippen molar-refractivity contribution in [3.05, 3.63) is 0 Å². The first kappa shape index (κ1) is 24.9. The number of hydrogen-bond donors (Lipinski definition) is 0. The molecule has 1 rings (SSSR count). The van der Waals surface area contributed by atoms with E-state index >= 15 is 0 Å². The van der Waals surface area contributed by atoms with Crippen LogP contribution in [0.2, 0.25) is 0 Å². The number of hydrogen-bond acceptors (Lipinski definition) is 0. The SMILES string of the molecule is FC(F)(F)C(F)(F)C(F)(F)C(F)(F)C(F)(F)C(F)(F)C1CCCCCC1I. The highest BCUT2D eigenvalue weighted by Gasteiger charge is 2.91. The van der Waals surface area contributed by atoms with Crippen molar-refractivity contribution in [3.8, 4) is 0 Å². The summed E-state index contributed by atoms with van der Waals surface area (Å²) >= 11 is 1.21. The molecule has 0 aromatic heterocycles. The van der Waals surface area contributed by atoms with Crippen LogP contribution in [0.25, 0.3) is 0 Å². The standard InChI is InChI=1S/C13H12F13I/c14-8(15,6-4-2-1-3-5-7(6)27)9(16,17)10(18,19)11(20,21)12(22,23)13(24,25)26/h6-7H,1-5H2. The van der Waals surface area contributed by atoms with E-state index in [1.54, 1.807) is 0 Å². The van der Waals surface area contributed by atoms with Crippen LogP contribution in [0.5, 0.6) is 0 Å². The van der Waals surface area contributed by atoms with Gasteiger partial charge in [-0.3, -0.25) is 0 Å². The summed E-state index contributed by atoms with van der Waals surface area (Å²) in [6, 6.07) is 0. The Morgan fingerprint density at radius 3 is 1.37 bits per heavy atom. The first-order valence-corrected chi connectivity index (χ1v) is 8.61. The Bertz CT molecular complexity index is 525. The van der Waals surface area contributed by atoms with Crippen LogP contribution in [0.15, 0.2) is 0 Å². The van der Waals surface area contributed by atoms with Gasteiger partial charge in [-0.2, -0.15) is 57.1 Å². The summed E-state index contributed by atoms with van der Waals surface area (Å²) < 4.78 is 170. The lowest BCUT2D eigenvalue weighted by Gasteiger charge is -2.42. The van der Waals surface area contributed by atoms with Crippen LogP contribution in [0.1, 0.15) is 32.1 Å². The van der Waals surface area contributed by atoms with Crippen LogP contribution < -0.4 is 0 Å². The second-order valence-electron chi connectivity index (χ2n) is 6.18. The molecule has 0 aromatic rings. The fourth-order valence-corrected chi connectivity index (χ4v) is 3.94. The molecule has 0 bridgehead atoms. The van der Waals surface area contributed by atoms with Crippen molar-refractivity contribution in [3.63, 3.8) is 0 Å². The van der Waals surface area contributed by atoms with Gasteiger partial charge in [0.1, 0.15) is 0 Å². The molecule has 0 heterocycles. The lowest BCUT2D eigenvalue weighted by molar-refractivity contribution is -0.443. The highest BCUT2D eigenvalue weighted by Crippen LogP contribution is 2.62. The van der Waals surface area contributed by atoms with Crippen molar-refractivity contribution in [1.82, 2.24) is 0 Å². The van der Waals surface area contributed by atoms with Crippen molar-refractivity contribution in [2.24, 2.45) is 5.92 Å². The topological polar surface area (TPSA) is 0 Å². The summed E-state index contributed by atoms with van der Waals surface area (Å²) in [4.78, 5) is 0. The van der Waals surface area contributed by atoms with E-state index in [1.165, 1.54) is 22.6 Å². The Balaban J connectivity index is 3.44. The maximum Gasteiger partial charge on any atom is 0.460 e. The number of rotatable bonds is 5. The molecule has 1 aliphatic carbocycles. The summed E-state index contributed by atoms with van der Waals surface area (Å²) in [5.41, 5.74) is 0. The molecule has 0 nitrogen and oxygen atoms in total. The molecule has 0 aromatic carbocycles. The van der Waals surface area contributed by atoms with Crippen LogP contribution in [-0.4, -0.2) is 39.7 Å². The van der Waals surface area contributed by atoms with Gasteiger partial charge in [0.05, 0.1) is 0 Å². The third kappa shape index (κ3) is 3.71. The van der Waals surface area contributed by atoms with Crippen LogP contribution >= 0.6 is 22.6 Å². The van der Waals surface area contributed by atoms with Gasteiger partial charge in [-0.1, -0.05) is 41.9 Å². The molecular weight excluding hydrogens is 530 g/mol. The van der Waals surface area contributed by atoms with Gasteiger partial charge in [-0.05, 0) is 12.8 Å². The zero-order chi connectivity index (χ0) is 21.7. The maximum atomic E-state index is 14.1. The molecule has 1 aliphatic rings. The van der Waals surface area contributed by atoms with E-state index in [1.807, 2.05) is 0 Å². The van der Waals surface area contributed by atoms with E-state index < -0.39 is 52.1 Å². The molecule has 0 aliphatic heterocycles. The quantitative estimate of drug-likeness (QED) is 0.151. The third-order valence-electron chi connectivity index (χ3n) is 4.35. The molecule has 0 N–H and O–H groups in total. The molecule has 2 atom stereocenters. The molecule has 1 fully saturated rings. The average Bonchev–Trinajstić information content (AvgIpc) is 2.70. The van der Waals surface area contributed by atoms with Gasteiger partial charge in [0.2, 0.25) is 0 Å². The zero-order valence-corrected chi connectivity index (χ0v) is 15.1. The predicted octanol–water partition coefficient (Wildman–Crippen LogP) is 7.11. The summed E-state index contributed by atoms with van der Waals surface area (Å²) in [5, 5.41) is 0. The minimum absolute atomic E-state index is 0.156. The smallest absolute Gasteiger partial charge is 0.199 e. The van der Waals surface area contributed by atoms with Gasteiger partial charge >= 0.3 is 35.8 Å². The van der Waals surface area contributed by atoms with E-state index in [4.69, 9.17) is 0 Å². The van der Waals surface area contributed by atoms with Crippen LogP contribution in [-0.2, 0) is 0 Å².